The minimum Gasteiger partial charge on any atom is -0.335 e. The van der Waals surface area contributed by atoms with E-state index in [-0.39, 0.29) is 30.4 Å². The van der Waals surface area contributed by atoms with E-state index in [4.69, 9.17) is 0 Å². The van der Waals surface area contributed by atoms with Gasteiger partial charge in [-0.05, 0) is 29.7 Å². The van der Waals surface area contributed by atoms with Gasteiger partial charge in [0.2, 0.25) is 5.91 Å². The molecule has 2 atom stereocenters. The van der Waals surface area contributed by atoms with E-state index >= 15 is 0 Å². The van der Waals surface area contributed by atoms with Gasteiger partial charge in [0.15, 0.2) is 0 Å². The van der Waals surface area contributed by atoms with Gasteiger partial charge in [0.05, 0.1) is 17.3 Å². The normalized spacial score (nSPS) is 19.9. The minimum absolute atomic E-state index is 0.218. The first-order valence-corrected chi connectivity index (χ1v) is 10.2. The number of nitrogens with zero attached hydrogens (tertiary/aromatic N) is 1. The Morgan fingerprint density at radius 3 is 2.68 bits per heavy atom. The highest BCUT2D eigenvalue weighted by Gasteiger charge is 2.43. The molecular weight excluding hydrogens is 392 g/mol. The monoisotopic (exact) mass is 416 g/mol. The Balaban J connectivity index is 1.53. The number of fused-ring (bicyclic) bond motifs is 2. The van der Waals surface area contributed by atoms with Gasteiger partial charge < -0.3 is 20.9 Å². The van der Waals surface area contributed by atoms with Crippen LogP contribution < -0.4 is 16.0 Å². The van der Waals surface area contributed by atoms with Crippen molar-refractivity contribution < 1.29 is 14.4 Å². The van der Waals surface area contributed by atoms with Crippen LogP contribution in [0.3, 0.4) is 0 Å². The second-order valence-corrected chi connectivity index (χ2v) is 7.59. The number of urea groups is 1. The number of hydrogen-bond donors (Lipinski definition) is 3. The Kier molecular flexibility index (Phi) is 5.84. The van der Waals surface area contributed by atoms with E-state index in [0.717, 1.165) is 11.1 Å². The quantitative estimate of drug-likeness (QED) is 0.517. The molecule has 1 fully saturated rings. The fourth-order valence-corrected chi connectivity index (χ4v) is 3.89. The molecule has 7 nitrogen and oxygen atoms in total. The lowest BCUT2D eigenvalue weighted by atomic mass is 10.1. The summed E-state index contributed by atoms with van der Waals surface area (Å²) in [6.45, 7) is 4.18. The van der Waals surface area contributed by atoms with Gasteiger partial charge in [0.25, 0.3) is 5.91 Å². The number of benzene rings is 2. The van der Waals surface area contributed by atoms with Crippen molar-refractivity contribution in [3.05, 3.63) is 77.9 Å². The molecule has 1 saturated heterocycles. The Labute approximate surface area is 180 Å². The van der Waals surface area contributed by atoms with E-state index in [1.165, 1.54) is 0 Å². The smallest absolute Gasteiger partial charge is 0.315 e. The summed E-state index contributed by atoms with van der Waals surface area (Å²) in [7, 11) is 0. The van der Waals surface area contributed by atoms with Crippen molar-refractivity contribution in [3.63, 3.8) is 0 Å². The maximum Gasteiger partial charge on any atom is 0.315 e. The van der Waals surface area contributed by atoms with Crippen molar-refractivity contribution in [3.8, 4) is 0 Å². The highest BCUT2D eigenvalue weighted by atomic mass is 16.2. The van der Waals surface area contributed by atoms with E-state index in [0.29, 0.717) is 24.2 Å². The highest BCUT2D eigenvalue weighted by molar-refractivity contribution is 6.10. The van der Waals surface area contributed by atoms with Crippen LogP contribution in [0.25, 0.3) is 12.2 Å². The van der Waals surface area contributed by atoms with E-state index in [2.05, 4.69) is 22.5 Å². The van der Waals surface area contributed by atoms with Crippen LogP contribution in [0.1, 0.15) is 27.9 Å². The largest absolute Gasteiger partial charge is 0.335 e. The molecule has 0 saturated carbocycles. The maximum absolute atomic E-state index is 13.3. The molecular formula is C24H24N4O3. The predicted molar refractivity (Wildman–Crippen MR) is 120 cm³/mol. The van der Waals surface area contributed by atoms with Crippen LogP contribution in [-0.2, 0) is 4.79 Å². The van der Waals surface area contributed by atoms with Crippen LogP contribution in [0.5, 0.6) is 0 Å². The summed E-state index contributed by atoms with van der Waals surface area (Å²) in [5.41, 5.74) is 2.87. The van der Waals surface area contributed by atoms with Crippen molar-refractivity contribution in [2.45, 2.75) is 18.5 Å². The zero-order valence-corrected chi connectivity index (χ0v) is 17.0. The van der Waals surface area contributed by atoms with Crippen LogP contribution in [-0.4, -0.2) is 47.9 Å². The first-order chi connectivity index (χ1) is 15.0. The molecule has 31 heavy (non-hydrogen) atoms. The van der Waals surface area contributed by atoms with Crippen molar-refractivity contribution >= 4 is 35.7 Å². The summed E-state index contributed by atoms with van der Waals surface area (Å²) in [6.07, 6.45) is 5.86. The van der Waals surface area contributed by atoms with Gasteiger partial charge in [-0.3, -0.25) is 9.59 Å². The van der Waals surface area contributed by atoms with E-state index < -0.39 is 6.04 Å². The van der Waals surface area contributed by atoms with E-state index in [1.807, 2.05) is 48.6 Å². The zero-order valence-electron chi connectivity index (χ0n) is 17.0. The Bertz CT molecular complexity index is 1050. The number of hydrogen-bond acceptors (Lipinski definition) is 3. The molecule has 2 aliphatic heterocycles. The molecule has 0 bridgehead atoms. The van der Waals surface area contributed by atoms with Gasteiger partial charge in [0.1, 0.15) is 6.04 Å². The van der Waals surface area contributed by atoms with Crippen molar-refractivity contribution in [2.75, 3.05) is 18.4 Å². The molecule has 2 aromatic rings. The number of nitrogens with one attached hydrogen (secondary N) is 3. The number of carbonyl (C=O) groups excluding carboxylic acids is 3. The lowest BCUT2D eigenvalue weighted by Gasteiger charge is -2.20. The zero-order chi connectivity index (χ0) is 21.8. The highest BCUT2D eigenvalue weighted by Crippen LogP contribution is 2.30. The average Bonchev–Trinajstić information content (AvgIpc) is 3.17. The molecule has 3 N–H and O–H groups in total. The third-order valence-corrected chi connectivity index (χ3v) is 5.41. The maximum atomic E-state index is 13.3. The lowest BCUT2D eigenvalue weighted by molar-refractivity contribution is -0.119. The number of amides is 4. The second kappa shape index (κ2) is 8.87. The predicted octanol–water partition coefficient (Wildman–Crippen LogP) is 2.88. The molecule has 2 unspecified atom stereocenters. The Morgan fingerprint density at radius 2 is 1.90 bits per heavy atom. The summed E-state index contributed by atoms with van der Waals surface area (Å²) < 4.78 is 0. The van der Waals surface area contributed by atoms with Crippen molar-refractivity contribution in [1.29, 1.82) is 0 Å². The summed E-state index contributed by atoms with van der Waals surface area (Å²) in [5.74, 6) is -0.459. The molecule has 4 amide bonds. The molecule has 0 spiro atoms. The van der Waals surface area contributed by atoms with Crippen LogP contribution in [0, 0.1) is 0 Å². The van der Waals surface area contributed by atoms with Gasteiger partial charge in [0, 0.05) is 13.1 Å². The standard InChI is InChI=1S/C24H24N4O3/c1-2-12-25-24(31)26-18-14-21-22(29)27-20-11-10-17(9-8-16-6-4-3-5-7-16)13-19(20)23(30)28(21)15-18/h2-11,13,18,21H,1,12,14-15H2,(H,27,29)(H2,25,26,31). The van der Waals surface area contributed by atoms with Gasteiger partial charge in [-0.2, -0.15) is 0 Å². The number of rotatable bonds is 5. The minimum atomic E-state index is -0.618. The molecule has 2 heterocycles. The van der Waals surface area contributed by atoms with Crippen LogP contribution in [0.4, 0.5) is 10.5 Å². The molecule has 0 radical (unpaired) electrons. The SMILES string of the molecule is C=CCNC(=O)NC1CC2C(=O)Nc3ccc(C=Cc4ccccc4)cc3C(=O)N2C1. The van der Waals surface area contributed by atoms with Gasteiger partial charge >= 0.3 is 6.03 Å². The molecule has 0 aliphatic carbocycles. The number of anilines is 1. The third kappa shape index (κ3) is 4.50. The van der Waals surface area contributed by atoms with Gasteiger partial charge in [-0.15, -0.1) is 6.58 Å². The molecule has 4 rings (SSSR count). The van der Waals surface area contributed by atoms with Crippen molar-refractivity contribution in [1.82, 2.24) is 15.5 Å². The summed E-state index contributed by atoms with van der Waals surface area (Å²) in [5, 5.41) is 8.34. The molecule has 0 aromatic heterocycles. The molecule has 2 aromatic carbocycles. The van der Waals surface area contributed by atoms with E-state index in [1.54, 1.807) is 23.1 Å². The van der Waals surface area contributed by atoms with Crippen molar-refractivity contribution in [2.24, 2.45) is 0 Å². The second-order valence-electron chi connectivity index (χ2n) is 7.59. The number of carbonyl (C=O) groups is 3. The summed E-state index contributed by atoms with van der Waals surface area (Å²) >= 11 is 0. The topological polar surface area (TPSA) is 90.5 Å². The van der Waals surface area contributed by atoms with Crippen LogP contribution >= 0.6 is 0 Å². The first kappa shape index (κ1) is 20.4. The molecule has 2 aliphatic rings. The van der Waals surface area contributed by atoms with Crippen LogP contribution in [0.2, 0.25) is 0 Å². The fourth-order valence-electron chi connectivity index (χ4n) is 3.89. The van der Waals surface area contributed by atoms with E-state index in [9.17, 15) is 14.4 Å². The van der Waals surface area contributed by atoms with Crippen LogP contribution in [0.15, 0.2) is 61.2 Å². The summed E-state index contributed by atoms with van der Waals surface area (Å²) in [4.78, 5) is 39.5. The van der Waals surface area contributed by atoms with Gasteiger partial charge in [-0.1, -0.05) is 54.6 Å². The Hall–Kier alpha value is -3.87. The summed E-state index contributed by atoms with van der Waals surface area (Å²) in [6, 6.07) is 14.0. The average molecular weight is 416 g/mol. The Morgan fingerprint density at radius 1 is 1.13 bits per heavy atom. The van der Waals surface area contributed by atoms with Gasteiger partial charge in [-0.25, -0.2) is 4.79 Å². The fraction of sp³-hybridized carbons (Fsp3) is 0.208. The lowest BCUT2D eigenvalue weighted by Crippen LogP contribution is -2.44. The molecule has 158 valence electrons. The first-order valence-electron chi connectivity index (χ1n) is 10.2. The third-order valence-electron chi connectivity index (χ3n) is 5.41. The molecule has 7 heteroatoms.